The minimum Gasteiger partial charge on any atom is -0.432 e. The Morgan fingerprint density at radius 1 is 1.25 bits per heavy atom. The van der Waals surface area contributed by atoms with E-state index in [4.69, 9.17) is 16.0 Å². The zero-order valence-corrected chi connectivity index (χ0v) is 10.4. The van der Waals surface area contributed by atoms with Crippen LogP contribution in [-0.4, -0.2) is 4.98 Å². The summed E-state index contributed by atoms with van der Waals surface area (Å²) in [4.78, 5) is 4.26. The molecule has 0 fully saturated rings. The molecule has 0 spiro atoms. The van der Waals surface area contributed by atoms with Gasteiger partial charge in [-0.3, -0.25) is 0 Å². The number of hydrogen-bond acceptors (Lipinski definition) is 2. The predicted octanol–water partition coefficient (Wildman–Crippen LogP) is 4.43. The van der Waals surface area contributed by atoms with E-state index in [0.29, 0.717) is 0 Å². The van der Waals surface area contributed by atoms with E-state index in [2.05, 4.69) is 31.8 Å². The summed E-state index contributed by atoms with van der Waals surface area (Å²) in [5, 5.41) is 0.210. The van der Waals surface area contributed by atoms with Crippen LogP contribution in [0.5, 0.6) is 0 Å². The molecule has 0 aliphatic rings. The van der Waals surface area contributed by atoms with Crippen LogP contribution in [0.3, 0.4) is 0 Å². The first-order valence-electron chi connectivity index (χ1n) is 5.32. The van der Waals surface area contributed by atoms with Crippen molar-refractivity contribution in [1.29, 1.82) is 0 Å². The average Bonchev–Trinajstić information content (AvgIpc) is 2.61. The third-order valence-corrected chi connectivity index (χ3v) is 2.71. The first-order chi connectivity index (χ1) is 7.59. The Labute approximate surface area is 100 Å². The van der Waals surface area contributed by atoms with Crippen LogP contribution in [0.25, 0.3) is 11.3 Å². The fourth-order valence-corrected chi connectivity index (χ4v) is 1.90. The van der Waals surface area contributed by atoms with Crippen LogP contribution in [0.4, 0.5) is 0 Å². The third-order valence-electron chi connectivity index (χ3n) is 2.55. The Hall–Kier alpha value is -1.28. The molecule has 2 rings (SSSR count). The van der Waals surface area contributed by atoms with E-state index >= 15 is 0 Å². The van der Waals surface area contributed by atoms with E-state index in [1.54, 1.807) is 0 Å². The maximum absolute atomic E-state index is 5.83. The van der Waals surface area contributed by atoms with Crippen molar-refractivity contribution in [2.45, 2.75) is 26.7 Å². The van der Waals surface area contributed by atoms with Crippen LogP contribution in [0, 0.1) is 6.92 Å². The molecule has 0 unspecified atom stereocenters. The van der Waals surface area contributed by atoms with Crippen LogP contribution in [-0.2, 0) is 0 Å². The van der Waals surface area contributed by atoms with Gasteiger partial charge in [0.1, 0.15) is 11.5 Å². The highest BCUT2D eigenvalue weighted by atomic mass is 35.5. The van der Waals surface area contributed by atoms with Crippen LogP contribution in [0.1, 0.15) is 31.1 Å². The molecule has 0 N–H and O–H groups in total. The standard InChI is InChI=1S/C13H14ClNO/c1-8(2)12-11(15-13(14)16-12)10-7-5-4-6-9(10)3/h4-8H,1-3H3. The van der Waals surface area contributed by atoms with Crippen molar-refractivity contribution in [3.8, 4) is 11.3 Å². The van der Waals surface area contributed by atoms with Gasteiger partial charge in [-0.15, -0.1) is 0 Å². The zero-order chi connectivity index (χ0) is 11.7. The predicted molar refractivity (Wildman–Crippen MR) is 65.8 cm³/mol. The van der Waals surface area contributed by atoms with E-state index in [9.17, 15) is 0 Å². The monoisotopic (exact) mass is 235 g/mol. The highest BCUT2D eigenvalue weighted by Crippen LogP contribution is 2.32. The topological polar surface area (TPSA) is 26.0 Å². The molecule has 3 heteroatoms. The maximum Gasteiger partial charge on any atom is 0.292 e. The quantitative estimate of drug-likeness (QED) is 0.770. The molecule has 0 atom stereocenters. The number of rotatable bonds is 2. The van der Waals surface area contributed by atoms with Gasteiger partial charge in [0, 0.05) is 11.5 Å². The van der Waals surface area contributed by atoms with Gasteiger partial charge in [0.15, 0.2) is 0 Å². The van der Waals surface area contributed by atoms with Crippen molar-refractivity contribution in [3.63, 3.8) is 0 Å². The highest BCUT2D eigenvalue weighted by molar-refractivity contribution is 6.27. The minimum absolute atomic E-state index is 0.210. The fourth-order valence-electron chi connectivity index (χ4n) is 1.73. The van der Waals surface area contributed by atoms with Crippen LogP contribution in [0.2, 0.25) is 5.35 Å². The van der Waals surface area contributed by atoms with Crippen molar-refractivity contribution in [2.75, 3.05) is 0 Å². The second-order valence-corrected chi connectivity index (χ2v) is 4.47. The van der Waals surface area contributed by atoms with Crippen molar-refractivity contribution >= 4 is 11.6 Å². The fraction of sp³-hybridized carbons (Fsp3) is 0.308. The molecule has 0 bridgehead atoms. The largest absolute Gasteiger partial charge is 0.432 e. The second kappa shape index (κ2) is 4.30. The normalized spacial score (nSPS) is 11.1. The number of aromatic nitrogens is 1. The van der Waals surface area contributed by atoms with Crippen molar-refractivity contribution < 1.29 is 4.42 Å². The molecule has 1 aromatic heterocycles. The van der Waals surface area contributed by atoms with E-state index in [0.717, 1.165) is 17.0 Å². The lowest BCUT2D eigenvalue weighted by Crippen LogP contribution is -1.90. The average molecular weight is 236 g/mol. The number of nitrogens with zero attached hydrogens (tertiary/aromatic N) is 1. The van der Waals surface area contributed by atoms with Crippen LogP contribution < -0.4 is 0 Å². The molecule has 84 valence electrons. The molecule has 0 aliphatic heterocycles. The summed E-state index contributed by atoms with van der Waals surface area (Å²) in [6.07, 6.45) is 0. The lowest BCUT2D eigenvalue weighted by Gasteiger charge is -2.06. The molecule has 16 heavy (non-hydrogen) atoms. The van der Waals surface area contributed by atoms with Gasteiger partial charge in [-0.25, -0.2) is 0 Å². The SMILES string of the molecule is Cc1ccccc1-c1nc(Cl)oc1C(C)C. The Balaban J connectivity index is 2.60. The van der Waals surface area contributed by atoms with E-state index in [1.165, 1.54) is 5.56 Å². The molecule has 1 heterocycles. The molecule has 2 nitrogen and oxygen atoms in total. The second-order valence-electron chi connectivity index (χ2n) is 4.15. The zero-order valence-electron chi connectivity index (χ0n) is 9.62. The van der Waals surface area contributed by atoms with E-state index < -0.39 is 0 Å². The molecular formula is C13H14ClNO. The molecule has 0 saturated heterocycles. The lowest BCUT2D eigenvalue weighted by atomic mass is 10.0. The minimum atomic E-state index is 0.210. The lowest BCUT2D eigenvalue weighted by molar-refractivity contribution is 0.485. The van der Waals surface area contributed by atoms with Gasteiger partial charge in [0.05, 0.1) is 0 Å². The van der Waals surface area contributed by atoms with Gasteiger partial charge in [0.2, 0.25) is 0 Å². The van der Waals surface area contributed by atoms with Crippen molar-refractivity contribution in [1.82, 2.24) is 4.98 Å². The first-order valence-corrected chi connectivity index (χ1v) is 5.69. The summed E-state index contributed by atoms with van der Waals surface area (Å²) in [6, 6.07) is 8.10. The summed E-state index contributed by atoms with van der Waals surface area (Å²) in [6.45, 7) is 6.19. The molecule has 0 amide bonds. The number of halogens is 1. The van der Waals surface area contributed by atoms with Gasteiger partial charge in [-0.1, -0.05) is 38.1 Å². The Morgan fingerprint density at radius 2 is 1.94 bits per heavy atom. The number of benzene rings is 1. The molecule has 1 aromatic carbocycles. The smallest absolute Gasteiger partial charge is 0.292 e. The first kappa shape index (κ1) is 11.2. The van der Waals surface area contributed by atoms with Crippen LogP contribution >= 0.6 is 11.6 Å². The van der Waals surface area contributed by atoms with Crippen molar-refractivity contribution in [3.05, 3.63) is 40.9 Å². The molecule has 2 aromatic rings. The summed E-state index contributed by atoms with van der Waals surface area (Å²) in [5.41, 5.74) is 3.12. The highest BCUT2D eigenvalue weighted by Gasteiger charge is 2.17. The van der Waals surface area contributed by atoms with E-state index in [-0.39, 0.29) is 11.3 Å². The molecule has 0 aliphatic carbocycles. The number of hydrogen-bond donors (Lipinski definition) is 0. The Kier molecular flexibility index (Phi) is 3.01. The van der Waals surface area contributed by atoms with Crippen molar-refractivity contribution in [2.24, 2.45) is 0 Å². The Morgan fingerprint density at radius 3 is 2.56 bits per heavy atom. The van der Waals surface area contributed by atoms with Gasteiger partial charge < -0.3 is 4.42 Å². The van der Waals surface area contributed by atoms with Crippen LogP contribution in [0.15, 0.2) is 28.7 Å². The van der Waals surface area contributed by atoms with Gasteiger partial charge >= 0.3 is 0 Å². The summed E-state index contributed by atoms with van der Waals surface area (Å²) in [5.74, 6) is 1.12. The summed E-state index contributed by atoms with van der Waals surface area (Å²) >= 11 is 5.83. The maximum atomic E-state index is 5.83. The molecule has 0 radical (unpaired) electrons. The molecule has 0 saturated carbocycles. The molecular weight excluding hydrogens is 222 g/mol. The van der Waals surface area contributed by atoms with Gasteiger partial charge in [0.25, 0.3) is 5.35 Å². The van der Waals surface area contributed by atoms with Gasteiger partial charge in [-0.2, -0.15) is 4.98 Å². The van der Waals surface area contributed by atoms with Gasteiger partial charge in [-0.05, 0) is 24.1 Å². The summed E-state index contributed by atoms with van der Waals surface area (Å²) in [7, 11) is 0. The summed E-state index contributed by atoms with van der Waals surface area (Å²) < 4.78 is 5.44. The third kappa shape index (κ3) is 1.98. The number of aryl methyl sites for hydroxylation is 1. The van der Waals surface area contributed by atoms with E-state index in [1.807, 2.05) is 18.2 Å². The Bertz CT molecular complexity index is 502. The number of oxazole rings is 1.